The summed E-state index contributed by atoms with van der Waals surface area (Å²) < 4.78 is 34.7. The summed E-state index contributed by atoms with van der Waals surface area (Å²) in [4.78, 5) is 10.7. The van der Waals surface area contributed by atoms with Crippen LogP contribution < -0.4 is 0 Å². The summed E-state index contributed by atoms with van der Waals surface area (Å²) in [6, 6.07) is 0. The third kappa shape index (κ3) is 7.91. The Labute approximate surface area is 73.7 Å². The minimum atomic E-state index is -4.20. The molecule has 0 amide bonds. The lowest BCUT2D eigenvalue weighted by atomic mass is 10.2. The van der Waals surface area contributed by atoms with Crippen molar-refractivity contribution in [1.82, 2.24) is 0 Å². The highest BCUT2D eigenvalue weighted by Gasteiger charge is 2.27. The Balaban J connectivity index is 3.44. The van der Waals surface area contributed by atoms with E-state index in [-0.39, 0.29) is 18.6 Å². The average molecular weight is 200 g/mol. The molecule has 0 unspecified atom stereocenters. The second-order valence-corrected chi connectivity index (χ2v) is 3.38. The molecule has 5 heteroatoms. The van der Waals surface area contributed by atoms with Crippen molar-refractivity contribution < 1.29 is 18.0 Å². The summed E-state index contributed by atoms with van der Waals surface area (Å²) in [5.41, 5.74) is 0. The van der Waals surface area contributed by atoms with E-state index in [1.807, 2.05) is 6.26 Å². The van der Waals surface area contributed by atoms with Crippen LogP contribution in [-0.4, -0.2) is 24.0 Å². The number of hydrogen-bond donors (Lipinski definition) is 0. The van der Waals surface area contributed by atoms with Gasteiger partial charge in [0.2, 0.25) is 0 Å². The van der Waals surface area contributed by atoms with Gasteiger partial charge in [0.25, 0.3) is 0 Å². The van der Waals surface area contributed by atoms with Crippen molar-refractivity contribution in [3.8, 4) is 0 Å². The van der Waals surface area contributed by atoms with Gasteiger partial charge in [0.15, 0.2) is 0 Å². The van der Waals surface area contributed by atoms with Crippen LogP contribution in [0.1, 0.15) is 19.3 Å². The van der Waals surface area contributed by atoms with Crippen LogP contribution >= 0.6 is 11.8 Å². The van der Waals surface area contributed by atoms with Crippen molar-refractivity contribution in [2.24, 2.45) is 0 Å². The molecule has 0 spiro atoms. The molecule has 0 heterocycles. The predicted octanol–water partition coefficient (Wildman–Crippen LogP) is 2.65. The van der Waals surface area contributed by atoms with Gasteiger partial charge < -0.3 is 0 Å². The molecule has 0 aromatic heterocycles. The lowest BCUT2D eigenvalue weighted by molar-refractivity contribution is -0.143. The standard InChI is InChI=1S/C7H11F3OS/c1-12-5-3-6(11)2-4-7(8,9)10/h2-5H2,1H3. The molecule has 1 nitrogen and oxygen atoms in total. The van der Waals surface area contributed by atoms with Crippen LogP contribution in [0.3, 0.4) is 0 Å². The van der Waals surface area contributed by atoms with Crippen molar-refractivity contribution in [1.29, 1.82) is 0 Å². The van der Waals surface area contributed by atoms with Crippen molar-refractivity contribution in [2.45, 2.75) is 25.4 Å². The van der Waals surface area contributed by atoms with Gasteiger partial charge in [0.1, 0.15) is 5.78 Å². The minimum absolute atomic E-state index is 0.247. The second kappa shape index (κ2) is 5.45. The van der Waals surface area contributed by atoms with E-state index in [9.17, 15) is 18.0 Å². The Bertz CT molecular complexity index is 144. The monoisotopic (exact) mass is 200 g/mol. The average Bonchev–Trinajstić information content (AvgIpc) is 1.95. The third-order valence-corrected chi connectivity index (χ3v) is 1.88. The molecule has 0 radical (unpaired) electrons. The number of carbonyl (C=O) groups is 1. The smallest absolute Gasteiger partial charge is 0.300 e. The molecule has 0 N–H and O–H groups in total. The van der Waals surface area contributed by atoms with Gasteiger partial charge in [-0.1, -0.05) is 0 Å². The van der Waals surface area contributed by atoms with Gasteiger partial charge in [0.05, 0.1) is 6.42 Å². The van der Waals surface area contributed by atoms with Crippen LogP contribution in [0.4, 0.5) is 13.2 Å². The topological polar surface area (TPSA) is 17.1 Å². The van der Waals surface area contributed by atoms with Gasteiger partial charge in [-0.15, -0.1) is 0 Å². The van der Waals surface area contributed by atoms with E-state index in [0.29, 0.717) is 5.75 Å². The highest BCUT2D eigenvalue weighted by Crippen LogP contribution is 2.21. The number of Topliss-reactive ketones (excluding diaryl/α,β-unsaturated/α-hetero) is 1. The molecule has 0 saturated heterocycles. The van der Waals surface area contributed by atoms with Crippen LogP contribution in [0.5, 0.6) is 0 Å². The maximum Gasteiger partial charge on any atom is 0.389 e. The number of alkyl halides is 3. The first-order valence-corrected chi connectivity index (χ1v) is 4.92. The number of rotatable bonds is 5. The SMILES string of the molecule is CSCCC(=O)CCC(F)(F)F. The van der Waals surface area contributed by atoms with E-state index in [1.54, 1.807) is 0 Å². The van der Waals surface area contributed by atoms with Crippen LogP contribution in [-0.2, 0) is 4.79 Å². The fourth-order valence-corrected chi connectivity index (χ4v) is 1.05. The molecule has 72 valence electrons. The molecule has 0 aromatic carbocycles. The molecular formula is C7H11F3OS. The van der Waals surface area contributed by atoms with E-state index < -0.39 is 12.6 Å². The fourth-order valence-electron chi connectivity index (χ4n) is 0.622. The quantitative estimate of drug-likeness (QED) is 0.678. The van der Waals surface area contributed by atoms with Gasteiger partial charge in [0, 0.05) is 12.8 Å². The van der Waals surface area contributed by atoms with E-state index in [4.69, 9.17) is 0 Å². The zero-order valence-electron chi connectivity index (χ0n) is 6.78. The lowest BCUT2D eigenvalue weighted by Gasteiger charge is -2.04. The Kier molecular flexibility index (Phi) is 5.37. The third-order valence-electron chi connectivity index (χ3n) is 1.27. The molecule has 0 atom stereocenters. The lowest BCUT2D eigenvalue weighted by Crippen LogP contribution is -2.11. The van der Waals surface area contributed by atoms with Crippen molar-refractivity contribution in [3.05, 3.63) is 0 Å². The Morgan fingerprint density at radius 2 is 1.92 bits per heavy atom. The van der Waals surface area contributed by atoms with E-state index in [2.05, 4.69) is 0 Å². The van der Waals surface area contributed by atoms with Gasteiger partial charge in [-0.25, -0.2) is 0 Å². The first kappa shape index (κ1) is 11.8. The zero-order valence-corrected chi connectivity index (χ0v) is 7.60. The van der Waals surface area contributed by atoms with Crippen molar-refractivity contribution in [2.75, 3.05) is 12.0 Å². The second-order valence-electron chi connectivity index (χ2n) is 2.40. The highest BCUT2D eigenvalue weighted by atomic mass is 32.2. The van der Waals surface area contributed by atoms with E-state index in [1.165, 1.54) is 11.8 Å². The number of halogens is 3. The molecule has 12 heavy (non-hydrogen) atoms. The number of thioether (sulfide) groups is 1. The maximum absolute atomic E-state index is 11.6. The van der Waals surface area contributed by atoms with Crippen LogP contribution in [0.25, 0.3) is 0 Å². The van der Waals surface area contributed by atoms with Gasteiger partial charge in [-0.05, 0) is 12.0 Å². The van der Waals surface area contributed by atoms with Crippen molar-refractivity contribution >= 4 is 17.5 Å². The van der Waals surface area contributed by atoms with E-state index in [0.717, 1.165) is 0 Å². The molecule has 0 fully saturated rings. The van der Waals surface area contributed by atoms with Gasteiger partial charge >= 0.3 is 6.18 Å². The first-order chi connectivity index (χ1) is 5.45. The number of carbonyl (C=O) groups excluding carboxylic acids is 1. The molecule has 0 bridgehead atoms. The predicted molar refractivity (Wildman–Crippen MR) is 43.3 cm³/mol. The van der Waals surface area contributed by atoms with Gasteiger partial charge in [-0.2, -0.15) is 24.9 Å². The van der Waals surface area contributed by atoms with Gasteiger partial charge in [-0.3, -0.25) is 4.79 Å². The van der Waals surface area contributed by atoms with E-state index >= 15 is 0 Å². The number of ketones is 1. The van der Waals surface area contributed by atoms with Crippen molar-refractivity contribution in [3.63, 3.8) is 0 Å². The van der Waals surface area contributed by atoms with Crippen LogP contribution in [0, 0.1) is 0 Å². The Hall–Kier alpha value is -0.190. The zero-order chi connectivity index (χ0) is 9.61. The first-order valence-electron chi connectivity index (χ1n) is 3.53. The summed E-state index contributed by atoms with van der Waals surface area (Å²) in [7, 11) is 0. The highest BCUT2D eigenvalue weighted by molar-refractivity contribution is 7.98. The van der Waals surface area contributed by atoms with Crippen LogP contribution in [0.15, 0.2) is 0 Å². The Morgan fingerprint density at radius 1 is 1.33 bits per heavy atom. The fraction of sp³-hybridized carbons (Fsp3) is 0.857. The largest absolute Gasteiger partial charge is 0.389 e. The van der Waals surface area contributed by atoms with Crippen LogP contribution in [0.2, 0.25) is 0 Å². The molecule has 0 aliphatic carbocycles. The minimum Gasteiger partial charge on any atom is -0.300 e. The number of hydrogen-bond acceptors (Lipinski definition) is 2. The molecular weight excluding hydrogens is 189 g/mol. The molecule has 0 aliphatic rings. The molecule has 0 aliphatic heterocycles. The Morgan fingerprint density at radius 3 is 2.33 bits per heavy atom. The summed E-state index contributed by atoms with van der Waals surface area (Å²) in [5, 5.41) is 0. The molecule has 0 saturated carbocycles. The maximum atomic E-state index is 11.6. The molecule has 0 aromatic rings. The summed E-state index contributed by atoms with van der Waals surface area (Å²) >= 11 is 1.46. The summed E-state index contributed by atoms with van der Waals surface area (Å²) in [6.45, 7) is 0. The summed E-state index contributed by atoms with van der Waals surface area (Å²) in [5.74, 6) is 0.304. The summed E-state index contributed by atoms with van der Waals surface area (Å²) in [6.07, 6.45) is -3.49. The molecule has 0 rings (SSSR count). The normalized spacial score (nSPS) is 11.7.